The molecule has 31 heavy (non-hydrogen) atoms. The number of aromatic carboxylic acids is 1. The molecule has 10 heteroatoms. The van der Waals surface area contributed by atoms with Crippen molar-refractivity contribution >= 4 is 33.8 Å². The van der Waals surface area contributed by atoms with Gasteiger partial charge in [-0.2, -0.15) is 21.6 Å². The summed E-state index contributed by atoms with van der Waals surface area (Å²) < 4.78 is 67.5. The summed E-state index contributed by atoms with van der Waals surface area (Å²) in [6.07, 6.45) is -3.13. The summed E-state index contributed by atoms with van der Waals surface area (Å²) in [5, 5.41) is 9.17. The lowest BCUT2D eigenvalue weighted by atomic mass is 9.85. The van der Waals surface area contributed by atoms with Crippen molar-refractivity contribution < 1.29 is 35.5 Å². The Balaban J connectivity index is 2.07. The molecule has 5 nitrogen and oxygen atoms in total. The number of sulfonamides is 1. The van der Waals surface area contributed by atoms with E-state index in [0.29, 0.717) is 5.56 Å². The molecule has 0 aromatic heterocycles. The van der Waals surface area contributed by atoms with Crippen LogP contribution in [-0.4, -0.2) is 41.9 Å². The highest BCUT2D eigenvalue weighted by Gasteiger charge is 2.47. The van der Waals surface area contributed by atoms with Gasteiger partial charge in [0.05, 0.1) is 16.5 Å². The summed E-state index contributed by atoms with van der Waals surface area (Å²) in [5.74, 6) is -2.75. The highest BCUT2D eigenvalue weighted by atomic mass is 35.5. The second kappa shape index (κ2) is 8.89. The van der Waals surface area contributed by atoms with Crippen LogP contribution in [0, 0.1) is 18.1 Å². The number of hydrogen-bond acceptors (Lipinski definition) is 3. The Bertz CT molecular complexity index is 1080. The first-order valence-corrected chi connectivity index (χ1v) is 11.2. The molecule has 0 saturated heterocycles. The summed E-state index contributed by atoms with van der Waals surface area (Å²) >= 11 is 5.75. The number of rotatable bonds is 5. The fourth-order valence-corrected chi connectivity index (χ4v) is 5.14. The van der Waals surface area contributed by atoms with E-state index in [1.54, 1.807) is 0 Å². The van der Waals surface area contributed by atoms with Crippen molar-refractivity contribution in [2.75, 3.05) is 0 Å². The van der Waals surface area contributed by atoms with Gasteiger partial charge in [-0.3, -0.25) is 0 Å². The number of carbonyl (C=O) groups is 1. The Morgan fingerprint density at radius 1 is 1.13 bits per heavy atom. The van der Waals surface area contributed by atoms with Crippen LogP contribution in [0.5, 0.6) is 0 Å². The third-order valence-corrected chi connectivity index (χ3v) is 7.12. The smallest absolute Gasteiger partial charge is 0.403 e. The zero-order valence-corrected chi connectivity index (χ0v) is 17.6. The Hall–Kier alpha value is -2.57. The molecule has 0 amide bonds. The van der Waals surface area contributed by atoms with E-state index >= 15 is 0 Å². The highest BCUT2D eigenvalue weighted by Crippen LogP contribution is 2.39. The SMILES string of the molecule is O=C(O)c1ccc(/C=[N+](\C2CCCC(C(F)(F)F)C2)S(=O)(=O)c2c#cc(Cl)cc2)cc1. The maximum absolute atomic E-state index is 13.3. The molecule has 0 heterocycles. The molecule has 1 aliphatic rings. The van der Waals surface area contributed by atoms with Gasteiger partial charge in [-0.25, -0.2) is 4.79 Å². The summed E-state index contributed by atoms with van der Waals surface area (Å²) in [6, 6.07) is 11.9. The minimum absolute atomic E-state index is 0.00185. The van der Waals surface area contributed by atoms with E-state index < -0.39 is 34.1 Å². The van der Waals surface area contributed by atoms with Crippen LogP contribution in [0.1, 0.15) is 41.6 Å². The second-order valence-electron chi connectivity index (χ2n) is 7.25. The Labute approximate surface area is 182 Å². The van der Waals surface area contributed by atoms with Crippen molar-refractivity contribution in [3.8, 4) is 0 Å². The van der Waals surface area contributed by atoms with Gasteiger partial charge < -0.3 is 5.11 Å². The lowest BCUT2D eigenvalue weighted by molar-refractivity contribution is -0.423. The number of alkyl halides is 3. The number of benzene rings is 1. The molecule has 1 saturated carbocycles. The summed E-state index contributed by atoms with van der Waals surface area (Å²) in [6.45, 7) is 0. The number of carboxylic acids is 1. The number of halogens is 4. The van der Waals surface area contributed by atoms with E-state index in [9.17, 15) is 26.4 Å². The van der Waals surface area contributed by atoms with Gasteiger partial charge in [-0.1, -0.05) is 11.6 Å². The molecule has 3 rings (SSSR count). The van der Waals surface area contributed by atoms with Crippen LogP contribution in [0.4, 0.5) is 13.2 Å². The van der Waals surface area contributed by atoms with Crippen molar-refractivity contribution in [3.63, 3.8) is 0 Å². The molecule has 1 aliphatic carbocycles. The predicted octanol–water partition coefficient (Wildman–Crippen LogP) is 4.58. The van der Waals surface area contributed by atoms with Gasteiger partial charge in [-0.05, 0) is 61.4 Å². The molecule has 2 atom stereocenters. The predicted molar refractivity (Wildman–Crippen MR) is 107 cm³/mol. The largest absolute Gasteiger partial charge is 0.478 e. The normalized spacial score (nSPS) is 20.2. The highest BCUT2D eigenvalue weighted by molar-refractivity contribution is 7.85. The van der Waals surface area contributed by atoms with Crippen LogP contribution in [0.2, 0.25) is 5.02 Å². The van der Waals surface area contributed by atoms with Gasteiger partial charge in [0.25, 0.3) is 0 Å². The lowest BCUT2D eigenvalue weighted by Gasteiger charge is -2.28. The monoisotopic (exact) mass is 472 g/mol. The zero-order chi connectivity index (χ0) is 22.8. The van der Waals surface area contributed by atoms with Crippen LogP contribution in [0.3, 0.4) is 0 Å². The molecule has 1 fully saturated rings. The molecule has 164 valence electrons. The maximum atomic E-state index is 13.3. The fraction of sp³-hybridized carbons (Fsp3) is 0.333. The molecule has 1 N–H and O–H groups in total. The molecule has 2 aromatic rings. The molecule has 2 aromatic carbocycles. The Kier molecular flexibility index (Phi) is 6.62. The minimum atomic E-state index is -4.42. The fourth-order valence-electron chi connectivity index (χ4n) is 3.54. The molecular formula is C21H18ClF3NO4S+. The molecule has 2 unspecified atom stereocenters. The van der Waals surface area contributed by atoms with E-state index in [4.69, 9.17) is 16.7 Å². The van der Waals surface area contributed by atoms with E-state index in [0.717, 1.165) is 3.98 Å². The van der Waals surface area contributed by atoms with Crippen LogP contribution in [0.15, 0.2) is 41.3 Å². The van der Waals surface area contributed by atoms with Gasteiger partial charge in [0.15, 0.2) is 17.2 Å². The van der Waals surface area contributed by atoms with Crippen molar-refractivity contribution in [2.24, 2.45) is 5.92 Å². The van der Waals surface area contributed by atoms with Crippen LogP contribution in [-0.2, 0) is 10.0 Å². The van der Waals surface area contributed by atoms with Crippen molar-refractivity contribution in [3.05, 3.63) is 64.7 Å². The molecule has 0 spiro atoms. The van der Waals surface area contributed by atoms with Gasteiger partial charge in [0.1, 0.15) is 0 Å². The maximum Gasteiger partial charge on any atom is 0.403 e. The molecule has 0 aliphatic heterocycles. The van der Waals surface area contributed by atoms with Gasteiger partial charge in [0, 0.05) is 18.4 Å². The minimum Gasteiger partial charge on any atom is -0.478 e. The first kappa shape index (κ1) is 23.1. The first-order valence-electron chi connectivity index (χ1n) is 9.36. The molecular weight excluding hydrogens is 455 g/mol. The second-order valence-corrected chi connectivity index (χ2v) is 9.46. The molecule has 0 bridgehead atoms. The summed E-state index contributed by atoms with van der Waals surface area (Å²) in [7, 11) is -4.26. The van der Waals surface area contributed by atoms with Crippen LogP contribution < -0.4 is 0 Å². The Morgan fingerprint density at radius 2 is 1.81 bits per heavy atom. The lowest BCUT2D eigenvalue weighted by Crippen LogP contribution is -2.40. The Morgan fingerprint density at radius 3 is 2.35 bits per heavy atom. The van der Waals surface area contributed by atoms with Gasteiger partial charge >= 0.3 is 22.2 Å². The summed E-state index contributed by atoms with van der Waals surface area (Å²) in [5.41, 5.74) is 0.336. The molecule has 0 radical (unpaired) electrons. The quantitative estimate of drug-likeness (QED) is 0.510. The van der Waals surface area contributed by atoms with Gasteiger partial charge in [-0.15, -0.1) is 3.98 Å². The van der Waals surface area contributed by atoms with E-state index in [1.807, 2.05) is 0 Å². The zero-order valence-electron chi connectivity index (χ0n) is 16.1. The third kappa shape index (κ3) is 5.38. The van der Waals surface area contributed by atoms with Crippen molar-refractivity contribution in [2.45, 2.75) is 42.8 Å². The third-order valence-electron chi connectivity index (χ3n) is 5.14. The average Bonchev–Trinajstić information content (AvgIpc) is 2.72. The average molecular weight is 473 g/mol. The van der Waals surface area contributed by atoms with E-state index in [2.05, 4.69) is 12.1 Å². The van der Waals surface area contributed by atoms with Crippen LogP contribution >= 0.6 is 11.6 Å². The van der Waals surface area contributed by atoms with Crippen molar-refractivity contribution in [1.82, 2.24) is 0 Å². The number of carboxylic acid groups (broad SMARTS) is 1. The first-order chi connectivity index (χ1) is 14.5. The van der Waals surface area contributed by atoms with Crippen molar-refractivity contribution in [1.29, 1.82) is 0 Å². The van der Waals surface area contributed by atoms with Gasteiger partial charge in [0.2, 0.25) is 0 Å². The number of nitrogens with zero attached hydrogens (tertiary/aromatic N) is 1. The van der Waals surface area contributed by atoms with E-state index in [1.165, 1.54) is 42.6 Å². The number of hydrogen-bond donors (Lipinski definition) is 1. The summed E-state index contributed by atoms with van der Waals surface area (Å²) in [4.78, 5) is 10.8. The van der Waals surface area contributed by atoms with Crippen LogP contribution in [0.25, 0.3) is 0 Å². The topological polar surface area (TPSA) is 74.4 Å². The van der Waals surface area contributed by atoms with E-state index in [-0.39, 0.29) is 41.2 Å². The standard InChI is InChI=1S/C21H17ClF3NO4S/c22-17-8-10-19(11-9-17)31(29,30)26(13-14-4-6-15(7-5-14)20(27)28)18-3-1-2-16(12-18)21(23,24)25/h4-8,10,13,16,18H,1-3,12H2/p+1/b26-13+.